The van der Waals surface area contributed by atoms with Crippen LogP contribution in [-0.2, 0) is 16.2 Å². The first kappa shape index (κ1) is 12.4. The molecule has 1 fully saturated rings. The van der Waals surface area contributed by atoms with Gasteiger partial charge in [0.15, 0.2) is 0 Å². The number of carbonyl (C=O) groups is 2. The van der Waals surface area contributed by atoms with E-state index >= 15 is 0 Å². The summed E-state index contributed by atoms with van der Waals surface area (Å²) in [7, 11) is 0. The Morgan fingerprint density at radius 2 is 2.00 bits per heavy atom. The highest BCUT2D eigenvalue weighted by Crippen LogP contribution is 2.22. The molecule has 1 aliphatic heterocycles. The van der Waals surface area contributed by atoms with Gasteiger partial charge in [0.2, 0.25) is 11.9 Å². The number of imide groups is 1. The van der Waals surface area contributed by atoms with Crippen molar-refractivity contribution >= 4 is 17.8 Å². The van der Waals surface area contributed by atoms with Crippen molar-refractivity contribution in [3.8, 4) is 0 Å². The fraction of sp³-hybridized carbons (Fsp3) is 0.455. The lowest BCUT2D eigenvalue weighted by atomic mass is 9.99. The fourth-order valence-electron chi connectivity index (χ4n) is 1.67. The van der Waals surface area contributed by atoms with E-state index in [1.807, 2.05) is 0 Å². The van der Waals surface area contributed by atoms with Gasteiger partial charge in [0, 0.05) is 18.0 Å². The molecule has 1 aromatic rings. The fourth-order valence-corrected chi connectivity index (χ4v) is 1.67. The Kier molecular flexibility index (Phi) is 3.00. The molecule has 1 aliphatic rings. The summed E-state index contributed by atoms with van der Waals surface area (Å²) in [6, 6.07) is 0. The normalized spacial score (nSPS) is 18.7. The Morgan fingerprint density at radius 1 is 1.39 bits per heavy atom. The van der Waals surface area contributed by atoms with Crippen LogP contribution in [0.5, 0.6) is 0 Å². The molecule has 2 amide bonds. The Bertz CT molecular complexity index is 484. The van der Waals surface area contributed by atoms with Crippen LogP contribution in [-0.4, -0.2) is 39.0 Å². The second-order valence-electron chi connectivity index (χ2n) is 4.57. The first-order valence-corrected chi connectivity index (χ1v) is 5.49. The lowest BCUT2D eigenvalue weighted by molar-refractivity contribution is -0.135. The van der Waals surface area contributed by atoms with Gasteiger partial charge in [-0.15, -0.1) is 0 Å². The Hall–Kier alpha value is -2.02. The summed E-state index contributed by atoms with van der Waals surface area (Å²) >= 11 is 0. The number of nitrogens with zero attached hydrogens (tertiary/aromatic N) is 3. The van der Waals surface area contributed by atoms with Crippen molar-refractivity contribution in [2.45, 2.75) is 26.0 Å². The molecule has 0 radical (unpaired) electrons. The van der Waals surface area contributed by atoms with Gasteiger partial charge in [-0.25, -0.2) is 9.97 Å². The van der Waals surface area contributed by atoms with E-state index in [9.17, 15) is 9.59 Å². The molecule has 96 valence electrons. The lowest BCUT2D eigenvalue weighted by Gasteiger charge is -2.39. The molecule has 0 atom stereocenters. The predicted octanol–water partition coefficient (Wildman–Crippen LogP) is -0.790. The minimum atomic E-state index is -0.894. The summed E-state index contributed by atoms with van der Waals surface area (Å²) < 4.78 is 0. The number of hydrogen-bond acceptors (Lipinski definition) is 6. The number of carbonyl (C=O) groups excluding carboxylic acids is 2. The molecule has 0 aliphatic carbocycles. The zero-order chi connectivity index (χ0) is 13.3. The van der Waals surface area contributed by atoms with Gasteiger partial charge in [0.25, 0.3) is 5.91 Å². The van der Waals surface area contributed by atoms with Crippen LogP contribution in [0, 0.1) is 0 Å². The molecule has 0 saturated carbocycles. The minimum Gasteiger partial charge on any atom is -0.392 e. The average molecular weight is 250 g/mol. The standard InChI is InChI=1S/C11H14N4O3/c1-11(2)9(18)14-8(17)5-15(11)10-12-3-7(6-16)4-13-10/h3-4,16H,5-6H2,1-2H3,(H,14,17,18). The van der Waals surface area contributed by atoms with E-state index in [0.717, 1.165) is 0 Å². The molecule has 0 bridgehead atoms. The van der Waals surface area contributed by atoms with Crippen LogP contribution in [0.2, 0.25) is 0 Å². The van der Waals surface area contributed by atoms with E-state index in [-0.39, 0.29) is 25.0 Å². The number of aliphatic hydroxyl groups excluding tert-OH is 1. The largest absolute Gasteiger partial charge is 0.392 e. The minimum absolute atomic E-state index is 0.0250. The number of aliphatic hydroxyl groups is 1. The van der Waals surface area contributed by atoms with E-state index < -0.39 is 5.54 Å². The summed E-state index contributed by atoms with van der Waals surface area (Å²) in [6.07, 6.45) is 2.94. The molecule has 7 nitrogen and oxygen atoms in total. The highest BCUT2D eigenvalue weighted by atomic mass is 16.3. The quantitative estimate of drug-likeness (QED) is 0.668. The molecule has 2 heterocycles. The SMILES string of the molecule is CC1(C)C(=O)NC(=O)CN1c1ncc(CO)cn1. The average Bonchev–Trinajstić information content (AvgIpc) is 2.34. The van der Waals surface area contributed by atoms with Gasteiger partial charge in [-0.3, -0.25) is 14.9 Å². The number of amides is 2. The lowest BCUT2D eigenvalue weighted by Crippen LogP contribution is -2.64. The Labute approximate surface area is 104 Å². The third-order valence-corrected chi connectivity index (χ3v) is 2.90. The van der Waals surface area contributed by atoms with Crippen LogP contribution in [0.25, 0.3) is 0 Å². The van der Waals surface area contributed by atoms with Crippen molar-refractivity contribution < 1.29 is 14.7 Å². The highest BCUT2D eigenvalue weighted by molar-refractivity contribution is 6.06. The summed E-state index contributed by atoms with van der Waals surface area (Å²) in [4.78, 5) is 32.8. The van der Waals surface area contributed by atoms with Crippen LogP contribution in [0.4, 0.5) is 5.95 Å². The maximum absolute atomic E-state index is 11.8. The second kappa shape index (κ2) is 4.34. The first-order valence-electron chi connectivity index (χ1n) is 5.49. The van der Waals surface area contributed by atoms with Crippen molar-refractivity contribution in [3.63, 3.8) is 0 Å². The Morgan fingerprint density at radius 3 is 2.56 bits per heavy atom. The van der Waals surface area contributed by atoms with Crippen molar-refractivity contribution in [3.05, 3.63) is 18.0 Å². The topological polar surface area (TPSA) is 95.4 Å². The summed E-state index contributed by atoms with van der Waals surface area (Å²) in [6.45, 7) is 3.26. The zero-order valence-corrected chi connectivity index (χ0v) is 10.2. The third kappa shape index (κ3) is 2.04. The van der Waals surface area contributed by atoms with Gasteiger partial charge in [-0.1, -0.05) is 0 Å². The van der Waals surface area contributed by atoms with Crippen LogP contribution in [0.15, 0.2) is 12.4 Å². The molecule has 2 N–H and O–H groups in total. The number of hydrogen-bond donors (Lipinski definition) is 2. The van der Waals surface area contributed by atoms with Gasteiger partial charge in [0.1, 0.15) is 12.1 Å². The molecular weight excluding hydrogens is 236 g/mol. The van der Waals surface area contributed by atoms with Gasteiger partial charge in [-0.2, -0.15) is 0 Å². The Balaban J connectivity index is 2.34. The van der Waals surface area contributed by atoms with E-state index in [4.69, 9.17) is 5.11 Å². The maximum Gasteiger partial charge on any atom is 0.252 e. The van der Waals surface area contributed by atoms with Crippen molar-refractivity contribution in [2.75, 3.05) is 11.4 Å². The molecule has 1 aromatic heterocycles. The molecule has 1 saturated heterocycles. The second-order valence-corrected chi connectivity index (χ2v) is 4.57. The molecule has 0 spiro atoms. The van der Waals surface area contributed by atoms with Crippen molar-refractivity contribution in [1.29, 1.82) is 0 Å². The molecule has 7 heteroatoms. The zero-order valence-electron chi connectivity index (χ0n) is 10.2. The van der Waals surface area contributed by atoms with Gasteiger partial charge < -0.3 is 10.0 Å². The highest BCUT2D eigenvalue weighted by Gasteiger charge is 2.42. The molecule has 18 heavy (non-hydrogen) atoms. The molecular formula is C11H14N4O3. The van der Waals surface area contributed by atoms with Crippen LogP contribution in [0.1, 0.15) is 19.4 Å². The maximum atomic E-state index is 11.8. The van der Waals surface area contributed by atoms with Crippen LogP contribution >= 0.6 is 0 Å². The van der Waals surface area contributed by atoms with Crippen LogP contribution in [0.3, 0.4) is 0 Å². The van der Waals surface area contributed by atoms with Crippen molar-refractivity contribution in [1.82, 2.24) is 15.3 Å². The smallest absolute Gasteiger partial charge is 0.252 e. The number of rotatable bonds is 2. The third-order valence-electron chi connectivity index (χ3n) is 2.90. The summed E-state index contributed by atoms with van der Waals surface area (Å²) in [5.41, 5.74) is -0.321. The molecule has 2 rings (SSSR count). The van der Waals surface area contributed by atoms with Crippen molar-refractivity contribution in [2.24, 2.45) is 0 Å². The first-order chi connectivity index (χ1) is 8.45. The number of piperazine rings is 1. The van der Waals surface area contributed by atoms with Gasteiger partial charge in [0.05, 0.1) is 6.61 Å². The van der Waals surface area contributed by atoms with E-state index in [1.54, 1.807) is 13.8 Å². The number of nitrogens with one attached hydrogen (secondary N) is 1. The van der Waals surface area contributed by atoms with E-state index in [0.29, 0.717) is 11.5 Å². The van der Waals surface area contributed by atoms with E-state index in [2.05, 4.69) is 15.3 Å². The van der Waals surface area contributed by atoms with Gasteiger partial charge >= 0.3 is 0 Å². The number of aromatic nitrogens is 2. The predicted molar refractivity (Wildman–Crippen MR) is 62.5 cm³/mol. The van der Waals surface area contributed by atoms with Crippen LogP contribution < -0.4 is 10.2 Å². The van der Waals surface area contributed by atoms with Gasteiger partial charge in [-0.05, 0) is 13.8 Å². The monoisotopic (exact) mass is 250 g/mol. The summed E-state index contributed by atoms with van der Waals surface area (Å²) in [5.74, 6) is -0.469. The molecule has 0 unspecified atom stereocenters. The molecule has 0 aromatic carbocycles. The van der Waals surface area contributed by atoms with E-state index in [1.165, 1.54) is 17.3 Å². The summed E-state index contributed by atoms with van der Waals surface area (Å²) in [5, 5.41) is 11.2. The number of anilines is 1.